The first kappa shape index (κ1) is 17.8. The standard InChI is InChI=1S/C23H24N4O2/c1-14-13-20(26-25-14)27-11-9-17(10-12-27)24-23(28)21-15(2)18-8-7-16-5-3-4-6-19(16)22(18)29-21/h3-8,13,17H,9-12H2,1-2H3,(H,24,28)(H,25,26). The average molecular weight is 388 g/mol. The largest absolute Gasteiger partial charge is 0.450 e. The van der Waals surface area contributed by atoms with Crippen LogP contribution in [0, 0.1) is 13.8 Å². The van der Waals surface area contributed by atoms with Gasteiger partial charge in [-0.1, -0.05) is 36.4 Å². The maximum absolute atomic E-state index is 13.0. The zero-order chi connectivity index (χ0) is 20.0. The molecule has 0 bridgehead atoms. The SMILES string of the molecule is Cc1cc(N2CCC(NC(=O)c3oc4c(ccc5ccccc54)c3C)CC2)n[nH]1. The summed E-state index contributed by atoms with van der Waals surface area (Å²) in [7, 11) is 0. The van der Waals surface area contributed by atoms with E-state index >= 15 is 0 Å². The molecule has 1 aliphatic heterocycles. The lowest BCUT2D eigenvalue weighted by molar-refractivity contribution is 0.0904. The lowest BCUT2D eigenvalue weighted by Gasteiger charge is -2.32. The summed E-state index contributed by atoms with van der Waals surface area (Å²) in [6.45, 7) is 5.71. The summed E-state index contributed by atoms with van der Waals surface area (Å²) >= 11 is 0. The molecule has 0 saturated carbocycles. The Morgan fingerprint density at radius 1 is 1.14 bits per heavy atom. The Bertz CT molecular complexity index is 1200. The first-order chi connectivity index (χ1) is 14.1. The Morgan fingerprint density at radius 3 is 2.69 bits per heavy atom. The van der Waals surface area contributed by atoms with Crippen molar-refractivity contribution in [3.8, 4) is 0 Å². The van der Waals surface area contributed by atoms with Gasteiger partial charge >= 0.3 is 0 Å². The molecule has 0 unspecified atom stereocenters. The summed E-state index contributed by atoms with van der Waals surface area (Å²) in [6, 6.07) is 14.4. The number of aromatic amines is 1. The topological polar surface area (TPSA) is 74.2 Å². The summed E-state index contributed by atoms with van der Waals surface area (Å²) in [4.78, 5) is 15.2. The molecule has 6 heteroatoms. The third-order valence-corrected chi connectivity index (χ3v) is 5.88. The van der Waals surface area contributed by atoms with Crippen molar-refractivity contribution < 1.29 is 9.21 Å². The van der Waals surface area contributed by atoms with Crippen LogP contribution in [0.3, 0.4) is 0 Å². The zero-order valence-corrected chi connectivity index (χ0v) is 16.7. The van der Waals surface area contributed by atoms with Crippen LogP contribution in [0.5, 0.6) is 0 Å². The number of aromatic nitrogens is 2. The molecule has 148 valence electrons. The number of anilines is 1. The molecule has 0 atom stereocenters. The van der Waals surface area contributed by atoms with E-state index in [1.807, 2.05) is 38.1 Å². The number of fused-ring (bicyclic) bond motifs is 3. The molecule has 0 radical (unpaired) electrons. The van der Waals surface area contributed by atoms with Crippen LogP contribution >= 0.6 is 0 Å². The van der Waals surface area contributed by atoms with Crippen molar-refractivity contribution in [1.82, 2.24) is 15.5 Å². The van der Waals surface area contributed by atoms with Gasteiger partial charge in [0.05, 0.1) is 0 Å². The van der Waals surface area contributed by atoms with Gasteiger partial charge < -0.3 is 14.6 Å². The first-order valence-corrected chi connectivity index (χ1v) is 10.1. The lowest BCUT2D eigenvalue weighted by atomic mass is 10.0. The van der Waals surface area contributed by atoms with Crippen LogP contribution in [0.15, 0.2) is 46.9 Å². The third-order valence-electron chi connectivity index (χ3n) is 5.88. The number of amides is 1. The molecule has 1 aliphatic rings. The molecule has 2 aromatic heterocycles. The van der Waals surface area contributed by atoms with Gasteiger partial charge in [0.2, 0.25) is 0 Å². The fourth-order valence-corrected chi connectivity index (χ4v) is 4.24. The smallest absolute Gasteiger partial charge is 0.287 e. The number of rotatable bonds is 3. The summed E-state index contributed by atoms with van der Waals surface area (Å²) in [5, 5.41) is 13.6. The minimum absolute atomic E-state index is 0.128. The van der Waals surface area contributed by atoms with E-state index in [9.17, 15) is 4.79 Å². The second-order valence-corrected chi connectivity index (χ2v) is 7.86. The highest BCUT2D eigenvalue weighted by Crippen LogP contribution is 2.32. The minimum atomic E-state index is -0.128. The van der Waals surface area contributed by atoms with E-state index in [2.05, 4.69) is 38.6 Å². The van der Waals surface area contributed by atoms with Gasteiger partial charge in [-0.25, -0.2) is 0 Å². The predicted octanol–water partition coefficient (Wildman–Crippen LogP) is 4.32. The highest BCUT2D eigenvalue weighted by atomic mass is 16.3. The van der Waals surface area contributed by atoms with Gasteiger partial charge in [0.1, 0.15) is 5.58 Å². The Labute approximate surface area is 168 Å². The van der Waals surface area contributed by atoms with Crippen LogP contribution in [0.2, 0.25) is 0 Å². The highest BCUT2D eigenvalue weighted by molar-refractivity contribution is 6.08. The molecule has 1 saturated heterocycles. The number of aryl methyl sites for hydroxylation is 2. The molecule has 29 heavy (non-hydrogen) atoms. The van der Waals surface area contributed by atoms with E-state index in [0.717, 1.165) is 64.7 Å². The van der Waals surface area contributed by atoms with E-state index in [4.69, 9.17) is 4.42 Å². The predicted molar refractivity (Wildman–Crippen MR) is 114 cm³/mol. The van der Waals surface area contributed by atoms with Gasteiger partial charge in [-0.05, 0) is 32.1 Å². The quantitative estimate of drug-likeness (QED) is 0.548. The van der Waals surface area contributed by atoms with Crippen LogP contribution < -0.4 is 10.2 Å². The van der Waals surface area contributed by atoms with Gasteiger partial charge in [-0.15, -0.1) is 0 Å². The van der Waals surface area contributed by atoms with Crippen LogP contribution in [0.25, 0.3) is 21.7 Å². The summed E-state index contributed by atoms with van der Waals surface area (Å²) in [6.07, 6.45) is 1.78. The van der Waals surface area contributed by atoms with Crippen molar-refractivity contribution in [2.45, 2.75) is 32.7 Å². The van der Waals surface area contributed by atoms with Gasteiger partial charge in [-0.2, -0.15) is 5.10 Å². The normalized spacial score (nSPS) is 15.3. The average Bonchev–Trinajstić information content (AvgIpc) is 3.32. The second-order valence-electron chi connectivity index (χ2n) is 7.86. The Kier molecular flexibility index (Phi) is 4.27. The first-order valence-electron chi connectivity index (χ1n) is 10.1. The van der Waals surface area contributed by atoms with Crippen molar-refractivity contribution in [1.29, 1.82) is 0 Å². The van der Waals surface area contributed by atoms with Crippen molar-refractivity contribution in [2.24, 2.45) is 0 Å². The Morgan fingerprint density at radius 2 is 1.93 bits per heavy atom. The van der Waals surface area contributed by atoms with Crippen LogP contribution in [-0.4, -0.2) is 35.2 Å². The number of piperidine rings is 1. The second kappa shape index (κ2) is 6.95. The summed E-state index contributed by atoms with van der Waals surface area (Å²) < 4.78 is 6.07. The van der Waals surface area contributed by atoms with Crippen molar-refractivity contribution in [2.75, 3.05) is 18.0 Å². The molecule has 0 spiro atoms. The number of nitrogens with zero attached hydrogens (tertiary/aromatic N) is 2. The number of carbonyl (C=O) groups is 1. The van der Waals surface area contributed by atoms with Crippen LogP contribution in [0.4, 0.5) is 5.82 Å². The molecule has 2 N–H and O–H groups in total. The van der Waals surface area contributed by atoms with Crippen LogP contribution in [0.1, 0.15) is 34.7 Å². The fourth-order valence-electron chi connectivity index (χ4n) is 4.24. The molecule has 5 rings (SSSR count). The van der Waals surface area contributed by atoms with Crippen molar-refractivity contribution in [3.05, 3.63) is 59.5 Å². The molecule has 1 fully saturated rings. The van der Waals surface area contributed by atoms with Crippen molar-refractivity contribution >= 4 is 33.5 Å². The molecule has 0 aliphatic carbocycles. The zero-order valence-electron chi connectivity index (χ0n) is 16.7. The monoisotopic (exact) mass is 388 g/mol. The number of furan rings is 1. The molecular weight excluding hydrogens is 364 g/mol. The molecule has 4 aromatic rings. The molecular formula is C23H24N4O2. The summed E-state index contributed by atoms with van der Waals surface area (Å²) in [5.41, 5.74) is 2.74. The van der Waals surface area contributed by atoms with E-state index < -0.39 is 0 Å². The van der Waals surface area contributed by atoms with Crippen molar-refractivity contribution in [3.63, 3.8) is 0 Å². The molecule has 1 amide bonds. The van der Waals surface area contributed by atoms with Gasteiger partial charge in [0, 0.05) is 47.2 Å². The third kappa shape index (κ3) is 3.14. The number of H-pyrrole nitrogens is 1. The number of carbonyl (C=O) groups excluding carboxylic acids is 1. The Hall–Kier alpha value is -3.28. The number of benzene rings is 2. The van der Waals surface area contributed by atoms with Gasteiger partial charge in [0.15, 0.2) is 11.6 Å². The van der Waals surface area contributed by atoms with E-state index in [-0.39, 0.29) is 11.9 Å². The molecule has 2 aromatic carbocycles. The molecule has 6 nitrogen and oxygen atoms in total. The summed E-state index contributed by atoms with van der Waals surface area (Å²) in [5.74, 6) is 1.27. The number of nitrogens with one attached hydrogen (secondary N) is 2. The number of hydrogen-bond donors (Lipinski definition) is 2. The highest BCUT2D eigenvalue weighted by Gasteiger charge is 2.25. The van der Waals surface area contributed by atoms with E-state index in [1.54, 1.807) is 0 Å². The van der Waals surface area contributed by atoms with E-state index in [0.29, 0.717) is 5.76 Å². The van der Waals surface area contributed by atoms with Gasteiger partial charge in [0.25, 0.3) is 5.91 Å². The van der Waals surface area contributed by atoms with Gasteiger partial charge in [-0.3, -0.25) is 9.89 Å². The number of hydrogen-bond acceptors (Lipinski definition) is 4. The van der Waals surface area contributed by atoms with E-state index in [1.165, 1.54) is 0 Å². The minimum Gasteiger partial charge on any atom is -0.450 e. The molecule has 3 heterocycles. The van der Waals surface area contributed by atoms with Crippen LogP contribution in [-0.2, 0) is 0 Å². The Balaban J connectivity index is 1.33. The maximum Gasteiger partial charge on any atom is 0.287 e. The maximum atomic E-state index is 13.0. The fraction of sp³-hybridized carbons (Fsp3) is 0.304. The lowest BCUT2D eigenvalue weighted by Crippen LogP contribution is -2.44.